The van der Waals surface area contributed by atoms with Crippen molar-refractivity contribution < 1.29 is 24.5 Å². The molecule has 0 atom stereocenters. The van der Waals surface area contributed by atoms with Crippen LogP contribution in [0.2, 0.25) is 0 Å². The van der Waals surface area contributed by atoms with E-state index in [0.717, 1.165) is 0 Å². The molecule has 0 spiro atoms. The largest absolute Gasteiger partial charge is 0.506 e. The Morgan fingerprint density at radius 2 is 1.87 bits per heavy atom. The minimum atomic E-state index is -0.664. The third-order valence-electron chi connectivity index (χ3n) is 2.19. The molecule has 0 aliphatic rings. The molecule has 78 valence electrons. The lowest BCUT2D eigenvalue weighted by atomic mass is 10.1. The molecule has 5 heteroatoms. The number of hydrogen-bond donors (Lipinski definition) is 3. The Balaban J connectivity index is 2.98. The van der Waals surface area contributed by atoms with Crippen molar-refractivity contribution in [2.45, 2.75) is 6.92 Å². The van der Waals surface area contributed by atoms with Crippen molar-refractivity contribution >= 4 is 16.8 Å². The highest BCUT2D eigenvalue weighted by molar-refractivity contribution is 6.07. The molecule has 0 saturated carbocycles. The van der Waals surface area contributed by atoms with Gasteiger partial charge in [-0.05, 0) is 13.0 Å². The molecule has 1 heterocycles. The maximum absolute atomic E-state index is 11.1. The first-order valence-electron chi connectivity index (χ1n) is 4.19. The average Bonchev–Trinajstić information content (AvgIpc) is 2.62. The Morgan fingerprint density at radius 1 is 1.20 bits per heavy atom. The number of phenolic OH excluding ortho intramolecular Hbond substituents is 3. The van der Waals surface area contributed by atoms with Crippen LogP contribution in [0.4, 0.5) is 0 Å². The van der Waals surface area contributed by atoms with Crippen LogP contribution in [-0.2, 0) is 0 Å². The molecule has 0 radical (unpaired) electrons. The van der Waals surface area contributed by atoms with Gasteiger partial charge in [-0.3, -0.25) is 4.79 Å². The topological polar surface area (TPSA) is 90.9 Å². The van der Waals surface area contributed by atoms with E-state index >= 15 is 0 Å². The molecule has 0 aliphatic heterocycles. The molecule has 0 unspecified atom stereocenters. The molecule has 0 amide bonds. The molecule has 2 rings (SSSR count). The maximum Gasteiger partial charge on any atom is 0.202 e. The predicted octanol–water partition coefficient (Wildman–Crippen LogP) is 1.75. The van der Waals surface area contributed by atoms with E-state index in [0.29, 0.717) is 0 Å². The molecule has 0 fully saturated rings. The van der Waals surface area contributed by atoms with Crippen LogP contribution in [0, 0.1) is 0 Å². The van der Waals surface area contributed by atoms with Crippen LogP contribution in [-0.4, -0.2) is 21.1 Å². The van der Waals surface area contributed by atoms with Crippen molar-refractivity contribution in [3.63, 3.8) is 0 Å². The van der Waals surface area contributed by atoms with E-state index < -0.39 is 17.3 Å². The van der Waals surface area contributed by atoms with Crippen LogP contribution >= 0.6 is 0 Å². The van der Waals surface area contributed by atoms with Crippen molar-refractivity contribution in [1.82, 2.24) is 0 Å². The fraction of sp³-hybridized carbons (Fsp3) is 0.100. The van der Waals surface area contributed by atoms with E-state index in [1.54, 1.807) is 0 Å². The predicted molar refractivity (Wildman–Crippen MR) is 51.2 cm³/mol. The Hall–Kier alpha value is -2.17. The number of rotatable bonds is 1. The van der Waals surface area contributed by atoms with Gasteiger partial charge in [0.2, 0.25) is 5.75 Å². The summed E-state index contributed by atoms with van der Waals surface area (Å²) in [6, 6.07) is 1.40. The van der Waals surface area contributed by atoms with Gasteiger partial charge in [0, 0.05) is 0 Å². The quantitative estimate of drug-likeness (QED) is 0.377. The Bertz CT molecular complexity index is 552. The molecule has 0 aliphatic carbocycles. The lowest BCUT2D eigenvalue weighted by Crippen LogP contribution is -1.94. The SMILES string of the molecule is CC(=O)c1c(O)c(O)c2occc2c1O. The van der Waals surface area contributed by atoms with Gasteiger partial charge >= 0.3 is 0 Å². The smallest absolute Gasteiger partial charge is 0.202 e. The van der Waals surface area contributed by atoms with Crippen molar-refractivity contribution in [1.29, 1.82) is 0 Å². The summed E-state index contributed by atoms with van der Waals surface area (Å²) in [4.78, 5) is 11.1. The number of hydrogen-bond acceptors (Lipinski definition) is 5. The van der Waals surface area contributed by atoms with Crippen LogP contribution < -0.4 is 0 Å². The number of furan rings is 1. The Kier molecular flexibility index (Phi) is 1.82. The van der Waals surface area contributed by atoms with Gasteiger partial charge in [-0.1, -0.05) is 0 Å². The Morgan fingerprint density at radius 3 is 2.47 bits per heavy atom. The number of phenols is 3. The van der Waals surface area contributed by atoms with Crippen LogP contribution in [0.5, 0.6) is 17.2 Å². The van der Waals surface area contributed by atoms with Crippen molar-refractivity contribution in [3.8, 4) is 17.2 Å². The van der Waals surface area contributed by atoms with Crippen LogP contribution in [0.15, 0.2) is 16.7 Å². The standard InChI is InChI=1S/C10H8O5/c1-4(11)6-7(12)5-2-3-15-10(5)9(14)8(6)13/h2-3,12-14H,1H3. The summed E-state index contributed by atoms with van der Waals surface area (Å²) in [5, 5.41) is 28.8. The monoisotopic (exact) mass is 208 g/mol. The summed E-state index contributed by atoms with van der Waals surface area (Å²) in [7, 11) is 0. The van der Waals surface area contributed by atoms with Crippen molar-refractivity contribution in [3.05, 3.63) is 17.9 Å². The van der Waals surface area contributed by atoms with Gasteiger partial charge in [0.1, 0.15) is 11.3 Å². The van der Waals surface area contributed by atoms with Crippen LogP contribution in [0.3, 0.4) is 0 Å². The lowest BCUT2D eigenvalue weighted by molar-refractivity contribution is 0.101. The van der Waals surface area contributed by atoms with Gasteiger partial charge in [-0.25, -0.2) is 0 Å². The number of benzene rings is 1. The molecule has 5 nitrogen and oxygen atoms in total. The molecule has 3 N–H and O–H groups in total. The molecule has 2 aromatic rings. The number of aromatic hydroxyl groups is 3. The number of ketones is 1. The summed E-state index contributed by atoms with van der Waals surface area (Å²) < 4.78 is 4.86. The van der Waals surface area contributed by atoms with Gasteiger partial charge < -0.3 is 19.7 Å². The summed E-state index contributed by atoms with van der Waals surface area (Å²) in [6.45, 7) is 1.18. The average molecular weight is 208 g/mol. The fourth-order valence-electron chi connectivity index (χ4n) is 1.49. The number of carbonyl (C=O) groups excluding carboxylic acids is 1. The highest BCUT2D eigenvalue weighted by Crippen LogP contribution is 2.44. The van der Waals surface area contributed by atoms with E-state index in [-0.39, 0.29) is 22.3 Å². The zero-order valence-electron chi connectivity index (χ0n) is 7.81. The van der Waals surface area contributed by atoms with E-state index in [1.165, 1.54) is 19.3 Å². The summed E-state index contributed by atoms with van der Waals surface area (Å²) >= 11 is 0. The first-order valence-corrected chi connectivity index (χ1v) is 4.19. The minimum Gasteiger partial charge on any atom is -0.506 e. The van der Waals surface area contributed by atoms with Gasteiger partial charge in [0.15, 0.2) is 17.1 Å². The second-order valence-corrected chi connectivity index (χ2v) is 3.14. The highest BCUT2D eigenvalue weighted by Gasteiger charge is 2.22. The number of Topliss-reactive ketones (excluding diaryl/α,β-unsaturated/α-hetero) is 1. The van der Waals surface area contributed by atoms with Crippen LogP contribution in [0.25, 0.3) is 11.0 Å². The summed E-state index contributed by atoms with van der Waals surface area (Å²) in [5.41, 5.74) is -0.351. The second kappa shape index (κ2) is 2.91. The molecular formula is C10H8O5. The third kappa shape index (κ3) is 1.13. The fourth-order valence-corrected chi connectivity index (χ4v) is 1.49. The first kappa shape index (κ1) is 9.39. The van der Waals surface area contributed by atoms with E-state index in [9.17, 15) is 20.1 Å². The van der Waals surface area contributed by atoms with Gasteiger partial charge in [0.05, 0.1) is 11.6 Å². The third-order valence-corrected chi connectivity index (χ3v) is 2.19. The zero-order valence-corrected chi connectivity index (χ0v) is 7.81. The summed E-state index contributed by atoms with van der Waals surface area (Å²) in [6.07, 6.45) is 1.24. The Labute approximate surface area is 84.2 Å². The zero-order chi connectivity index (χ0) is 11.2. The van der Waals surface area contributed by atoms with Gasteiger partial charge in [-0.15, -0.1) is 0 Å². The molecule has 1 aromatic heterocycles. The van der Waals surface area contributed by atoms with Crippen molar-refractivity contribution in [2.24, 2.45) is 0 Å². The second-order valence-electron chi connectivity index (χ2n) is 3.14. The highest BCUT2D eigenvalue weighted by atomic mass is 16.4. The van der Waals surface area contributed by atoms with E-state index in [1.807, 2.05) is 0 Å². The molecule has 0 bridgehead atoms. The van der Waals surface area contributed by atoms with Gasteiger partial charge in [-0.2, -0.15) is 0 Å². The first-order chi connectivity index (χ1) is 7.04. The molecule has 15 heavy (non-hydrogen) atoms. The minimum absolute atomic E-state index is 0.0463. The van der Waals surface area contributed by atoms with Gasteiger partial charge in [0.25, 0.3) is 0 Å². The number of fused-ring (bicyclic) bond motifs is 1. The van der Waals surface area contributed by atoms with E-state index in [2.05, 4.69) is 0 Å². The molecule has 0 saturated heterocycles. The lowest BCUT2D eigenvalue weighted by Gasteiger charge is -2.06. The van der Waals surface area contributed by atoms with Crippen molar-refractivity contribution in [2.75, 3.05) is 0 Å². The number of carbonyl (C=O) groups is 1. The molecular weight excluding hydrogens is 200 g/mol. The molecule has 1 aromatic carbocycles. The summed E-state index contributed by atoms with van der Waals surface area (Å²) in [5.74, 6) is -2.13. The maximum atomic E-state index is 11.1. The van der Waals surface area contributed by atoms with Crippen LogP contribution in [0.1, 0.15) is 17.3 Å². The van der Waals surface area contributed by atoms with E-state index in [4.69, 9.17) is 4.42 Å². The normalized spacial score (nSPS) is 10.7.